The van der Waals surface area contributed by atoms with Gasteiger partial charge in [-0.15, -0.1) is 0 Å². The summed E-state index contributed by atoms with van der Waals surface area (Å²) in [6.45, 7) is 28.4. The van der Waals surface area contributed by atoms with Crippen molar-refractivity contribution in [2.45, 2.75) is 270 Å². The summed E-state index contributed by atoms with van der Waals surface area (Å²) in [5, 5.41) is 24.2. The van der Waals surface area contributed by atoms with Crippen LogP contribution in [0, 0.1) is 29.6 Å². The molecule has 0 aromatic heterocycles. The molecule has 1 spiro atoms. The molecule has 3 saturated carbocycles. The SMILES string of the molecule is CC[C@H](C)[C@H]1CN[C@@H](C2CCCC2)C(C)NCC2[C@@H](C(=O)N3CCCCC3)C(C)N2[C@@H](C(C)C)C(C)NC2(CCCC2)CNCCNC=CC(CCc2ccc(C(F)(F)F)c(Cl)c2)=NC=CN(C)C=C(CC2CCCCC2)N(C)C=C2CCCN2[C@@H](C)C(C)N1. The molecule has 3 saturated heterocycles. The third-order valence-electron chi connectivity index (χ3n) is 22.5. The van der Waals surface area contributed by atoms with E-state index in [2.05, 4.69) is 145 Å². The fourth-order valence-electron chi connectivity index (χ4n) is 17.0. The van der Waals surface area contributed by atoms with Crippen LogP contribution in [0.15, 0.2) is 71.7 Å². The lowest BCUT2D eigenvalue weighted by Crippen LogP contribution is -2.76. The van der Waals surface area contributed by atoms with E-state index < -0.39 is 11.7 Å². The molecule has 6 N–H and O–H groups in total. The molecule has 6 fully saturated rings. The number of rotatable bonds is 10. The molecule has 508 valence electrons. The van der Waals surface area contributed by atoms with Crippen molar-refractivity contribution >= 4 is 23.2 Å². The Hall–Kier alpha value is -3.64. The molecular weight excluding hydrogens is 1150 g/mol. The molecule has 1 amide bonds. The highest BCUT2D eigenvalue weighted by atomic mass is 35.5. The number of amides is 1. The second-order valence-corrected chi connectivity index (χ2v) is 29.8. The molecule has 17 heteroatoms. The van der Waals surface area contributed by atoms with E-state index in [0.717, 1.165) is 115 Å². The second-order valence-electron chi connectivity index (χ2n) is 29.4. The molecule has 0 radical (unpaired) electrons. The lowest BCUT2D eigenvalue weighted by atomic mass is 9.74. The van der Waals surface area contributed by atoms with Gasteiger partial charge in [0.2, 0.25) is 5.91 Å². The van der Waals surface area contributed by atoms with E-state index in [1.54, 1.807) is 0 Å². The minimum absolute atomic E-state index is 0.0354. The zero-order chi connectivity index (χ0) is 64.5. The number of nitrogens with one attached hydrogen (secondary N) is 6. The van der Waals surface area contributed by atoms with E-state index >= 15 is 0 Å². The monoisotopic (exact) mass is 1270 g/mol. The van der Waals surface area contributed by atoms with Crippen LogP contribution in [0.1, 0.15) is 208 Å². The number of piperidine rings is 1. The number of benzene rings is 1. The molecule has 5 unspecified atom stereocenters. The van der Waals surface area contributed by atoms with Crippen molar-refractivity contribution in [1.82, 2.24) is 56.4 Å². The Morgan fingerprint density at radius 1 is 0.800 bits per heavy atom. The zero-order valence-corrected chi connectivity index (χ0v) is 58.4. The van der Waals surface area contributed by atoms with Gasteiger partial charge in [-0.2, -0.15) is 13.2 Å². The van der Waals surface area contributed by atoms with Crippen LogP contribution in [0.3, 0.4) is 0 Å². The number of halogens is 4. The van der Waals surface area contributed by atoms with E-state index in [9.17, 15) is 18.0 Å². The van der Waals surface area contributed by atoms with Crippen molar-refractivity contribution in [3.05, 3.63) is 82.8 Å². The molecule has 11 atom stereocenters. The number of alkyl halides is 3. The molecule has 8 rings (SSSR count). The van der Waals surface area contributed by atoms with Gasteiger partial charge in [0.1, 0.15) is 0 Å². The fourth-order valence-corrected chi connectivity index (χ4v) is 17.3. The maximum atomic E-state index is 14.9. The van der Waals surface area contributed by atoms with Gasteiger partial charge in [-0.1, -0.05) is 110 Å². The lowest BCUT2D eigenvalue weighted by molar-refractivity contribution is -0.162. The first kappa shape index (κ1) is 72.2. The van der Waals surface area contributed by atoms with Crippen LogP contribution in [0.4, 0.5) is 13.2 Å². The number of hydrogen-bond donors (Lipinski definition) is 6. The Morgan fingerprint density at radius 2 is 1.51 bits per heavy atom. The maximum Gasteiger partial charge on any atom is 0.417 e. The number of carbonyl (C=O) groups is 1. The lowest BCUT2D eigenvalue weighted by Gasteiger charge is -2.60. The van der Waals surface area contributed by atoms with Crippen LogP contribution in [0.5, 0.6) is 0 Å². The van der Waals surface area contributed by atoms with Gasteiger partial charge in [-0.05, 0) is 165 Å². The summed E-state index contributed by atoms with van der Waals surface area (Å²) in [5.41, 5.74) is 3.34. The summed E-state index contributed by atoms with van der Waals surface area (Å²) in [7, 11) is 4.31. The third-order valence-corrected chi connectivity index (χ3v) is 22.8. The third kappa shape index (κ3) is 19.7. The standard InChI is InChI=1S/C73H122ClF3N12O/c1-12-52(4)66-46-82-69(60-26-17-18-27-60)54(6)81-47-67-68(71(90)87-40-21-14-22-41-87)57(9)89(67)70(51(2)3)55(7)84-72(34-19-20-35-72)50-79-38-37-78-36-33-61(31-29-59-30-32-64(65(74)45-59)73(75,76)77)80-39-43-85(10)48-63(44-58-24-15-13-16-25-58)86(11)49-62-28-23-42-88(62)56(8)53(5)83-66/h30,32-33,36,39,43,45,48-49,51-58,60,66-70,78-79,81-84H,12-29,31,34-35,37-38,40-42,44,46-47,50H2,1-11H3/t52-,53?,54?,55?,56-,57?,66+,67?,68-,69+,70-/m0/s1. The molecule has 4 aliphatic heterocycles. The Bertz CT molecular complexity index is 2510. The maximum absolute atomic E-state index is 14.9. The van der Waals surface area contributed by atoms with Crippen molar-refractivity contribution in [3.63, 3.8) is 0 Å². The largest absolute Gasteiger partial charge is 0.417 e. The molecule has 1 aromatic carbocycles. The minimum atomic E-state index is -4.51. The highest BCUT2D eigenvalue weighted by Gasteiger charge is 2.55. The van der Waals surface area contributed by atoms with Crippen LogP contribution in [-0.4, -0.2) is 162 Å². The van der Waals surface area contributed by atoms with Gasteiger partial charge in [0.05, 0.1) is 16.5 Å². The quantitative estimate of drug-likeness (QED) is 0.134. The van der Waals surface area contributed by atoms with Gasteiger partial charge in [-0.25, -0.2) is 0 Å². The molecular formula is C73H122ClF3N12O. The Kier molecular flexibility index (Phi) is 27.8. The second kappa shape index (κ2) is 34.7. The molecule has 13 nitrogen and oxygen atoms in total. The van der Waals surface area contributed by atoms with Gasteiger partial charge in [0.15, 0.2) is 0 Å². The predicted molar refractivity (Wildman–Crippen MR) is 368 cm³/mol. The molecule has 1 aromatic rings. The first-order valence-electron chi connectivity index (χ1n) is 36.1. The van der Waals surface area contributed by atoms with E-state index in [4.69, 9.17) is 16.6 Å². The van der Waals surface area contributed by atoms with Gasteiger partial charge in [0, 0.05) is 168 Å². The average molecular weight is 1280 g/mol. The topological polar surface area (TPSA) is 118 Å². The molecule has 90 heavy (non-hydrogen) atoms. The van der Waals surface area contributed by atoms with Crippen molar-refractivity contribution in [1.29, 1.82) is 0 Å². The summed E-state index contributed by atoms with van der Waals surface area (Å²) in [4.78, 5) is 32.0. The van der Waals surface area contributed by atoms with Gasteiger partial charge in [0.25, 0.3) is 0 Å². The fraction of sp³-hybridized carbons (Fsp3) is 0.781. The predicted octanol–water partition coefficient (Wildman–Crippen LogP) is 13.4. The number of allylic oxidation sites excluding steroid dienone is 3. The molecule has 0 bridgehead atoms. The van der Waals surface area contributed by atoms with E-state index in [0.29, 0.717) is 61.0 Å². The Labute approximate surface area is 548 Å². The molecule has 7 aliphatic rings. The van der Waals surface area contributed by atoms with E-state index in [1.165, 1.54) is 101 Å². The first-order valence-corrected chi connectivity index (χ1v) is 36.4. The zero-order valence-electron chi connectivity index (χ0n) is 57.6. The van der Waals surface area contributed by atoms with Gasteiger partial charge >= 0.3 is 6.18 Å². The first-order chi connectivity index (χ1) is 43.2. The van der Waals surface area contributed by atoms with Crippen molar-refractivity contribution in [3.8, 4) is 0 Å². The normalized spacial score (nSPS) is 30.9. The van der Waals surface area contributed by atoms with Gasteiger partial charge < -0.3 is 51.5 Å². The average Bonchev–Trinajstić information content (AvgIpc) is 0.950. The van der Waals surface area contributed by atoms with Crippen LogP contribution < -0.4 is 31.9 Å². The van der Waals surface area contributed by atoms with Crippen molar-refractivity contribution in [2.75, 3.05) is 66.5 Å². The number of likely N-dealkylation sites (tertiary alicyclic amines) is 1. The molecule has 4 heterocycles. The summed E-state index contributed by atoms with van der Waals surface area (Å²) in [5.74, 6) is 2.43. The highest BCUT2D eigenvalue weighted by molar-refractivity contribution is 6.31. The van der Waals surface area contributed by atoms with Crippen LogP contribution >= 0.6 is 11.6 Å². The number of hydrogen-bond acceptors (Lipinski definition) is 12. The summed E-state index contributed by atoms with van der Waals surface area (Å²) in [6.07, 6.45) is 32.8. The van der Waals surface area contributed by atoms with E-state index in [1.807, 2.05) is 24.7 Å². The van der Waals surface area contributed by atoms with E-state index in [-0.39, 0.29) is 58.8 Å². The Balaban J connectivity index is 1.09. The number of aliphatic imine (C=N–C) groups is 1. The highest BCUT2D eigenvalue weighted by Crippen LogP contribution is 2.42. The summed E-state index contributed by atoms with van der Waals surface area (Å²) < 4.78 is 41.1. The summed E-state index contributed by atoms with van der Waals surface area (Å²) >= 11 is 6.21. The number of nitrogens with zero attached hydrogens (tertiary/aromatic N) is 6. The molecule has 3 aliphatic carbocycles. The van der Waals surface area contributed by atoms with Crippen LogP contribution in [0.25, 0.3) is 0 Å². The number of fused-ring (bicyclic) bond motifs is 2. The smallest absolute Gasteiger partial charge is 0.390 e. The number of carbonyl (C=O) groups excluding carboxylic acids is 1. The van der Waals surface area contributed by atoms with Crippen molar-refractivity contribution in [2.24, 2.45) is 34.6 Å². The Morgan fingerprint density at radius 3 is 2.20 bits per heavy atom. The van der Waals surface area contributed by atoms with Gasteiger partial charge in [-0.3, -0.25) is 14.7 Å². The number of aryl methyl sites for hydroxylation is 1. The minimum Gasteiger partial charge on any atom is -0.390 e. The summed E-state index contributed by atoms with van der Waals surface area (Å²) in [6, 6.07) is 6.13. The van der Waals surface area contributed by atoms with Crippen LogP contribution in [0.2, 0.25) is 5.02 Å². The van der Waals surface area contributed by atoms with Crippen LogP contribution in [-0.2, 0) is 17.4 Å². The van der Waals surface area contributed by atoms with Crippen molar-refractivity contribution < 1.29 is 18.0 Å².